The maximum atomic E-state index is 11.7. The molecule has 1 atom stereocenters. The van der Waals surface area contributed by atoms with Crippen LogP contribution >= 0.6 is 0 Å². The van der Waals surface area contributed by atoms with Crippen molar-refractivity contribution >= 4 is 5.91 Å². The number of amides is 1. The van der Waals surface area contributed by atoms with E-state index in [1.54, 1.807) is 6.08 Å². The highest BCUT2D eigenvalue weighted by Gasteiger charge is 2.16. The van der Waals surface area contributed by atoms with Crippen LogP contribution in [0.4, 0.5) is 0 Å². The van der Waals surface area contributed by atoms with E-state index in [0.717, 1.165) is 0 Å². The van der Waals surface area contributed by atoms with E-state index in [1.807, 2.05) is 6.92 Å². The number of rotatable bonds is 6. The number of aryl methyl sites for hydroxylation is 2. The monoisotopic (exact) mass is 246 g/mol. The summed E-state index contributed by atoms with van der Waals surface area (Å²) in [4.78, 5) is 11.7. The summed E-state index contributed by atoms with van der Waals surface area (Å²) in [5.74, 6) is 0.0981. The number of carbonyl (C=O) groups is 1. The van der Waals surface area contributed by atoms with Gasteiger partial charge in [0.15, 0.2) is 0 Å². The fraction of sp³-hybridized carbons (Fsp3) is 0.400. The number of hydrogen-bond acceptors (Lipinski definition) is 2. The van der Waals surface area contributed by atoms with Crippen molar-refractivity contribution in [1.29, 1.82) is 0 Å². The van der Waals surface area contributed by atoms with Crippen LogP contribution in [-0.4, -0.2) is 19.0 Å². The summed E-state index contributed by atoms with van der Waals surface area (Å²) in [5, 5.41) is 2.79. The summed E-state index contributed by atoms with van der Waals surface area (Å²) in [6.45, 7) is 8.66. The van der Waals surface area contributed by atoms with Crippen LogP contribution in [0.2, 0.25) is 0 Å². The molecule has 18 heavy (non-hydrogen) atoms. The number of hydrogen-bond donors (Lipinski definition) is 2. The lowest BCUT2D eigenvalue weighted by Gasteiger charge is -2.18. The normalized spacial score (nSPS) is 11.9. The van der Waals surface area contributed by atoms with Gasteiger partial charge in [-0.1, -0.05) is 29.8 Å². The van der Waals surface area contributed by atoms with Crippen LogP contribution in [-0.2, 0) is 4.79 Å². The molecule has 1 rings (SSSR count). The first kappa shape index (κ1) is 14.5. The van der Waals surface area contributed by atoms with E-state index in [-0.39, 0.29) is 11.8 Å². The van der Waals surface area contributed by atoms with E-state index in [0.29, 0.717) is 19.5 Å². The fourth-order valence-electron chi connectivity index (χ4n) is 2.00. The molecule has 98 valence electrons. The van der Waals surface area contributed by atoms with Gasteiger partial charge >= 0.3 is 0 Å². The number of benzene rings is 1. The molecule has 0 saturated carbocycles. The van der Waals surface area contributed by atoms with E-state index in [9.17, 15) is 4.79 Å². The average Bonchev–Trinajstić information content (AvgIpc) is 2.36. The summed E-state index contributed by atoms with van der Waals surface area (Å²) in [6.07, 6.45) is 2.10. The number of nitrogens with one attached hydrogen (secondary N) is 1. The van der Waals surface area contributed by atoms with Gasteiger partial charge in [-0.3, -0.25) is 4.79 Å². The highest BCUT2D eigenvalue weighted by atomic mass is 16.1. The van der Waals surface area contributed by atoms with Crippen LogP contribution in [0.25, 0.3) is 0 Å². The molecule has 3 N–H and O–H groups in total. The Balaban J connectivity index is 2.79. The molecule has 0 radical (unpaired) electrons. The Labute approximate surface area is 109 Å². The van der Waals surface area contributed by atoms with Crippen LogP contribution in [0.5, 0.6) is 0 Å². The van der Waals surface area contributed by atoms with Crippen molar-refractivity contribution in [2.24, 2.45) is 5.73 Å². The molecule has 3 heteroatoms. The summed E-state index contributed by atoms with van der Waals surface area (Å²) in [6, 6.07) is 6.27. The molecule has 3 nitrogen and oxygen atoms in total. The van der Waals surface area contributed by atoms with Crippen molar-refractivity contribution in [2.75, 3.05) is 13.1 Å². The van der Waals surface area contributed by atoms with Gasteiger partial charge < -0.3 is 11.1 Å². The van der Waals surface area contributed by atoms with Gasteiger partial charge in [0.1, 0.15) is 0 Å². The van der Waals surface area contributed by atoms with Crippen LogP contribution in [0.1, 0.15) is 29.0 Å². The first-order valence-corrected chi connectivity index (χ1v) is 6.23. The number of nitrogens with two attached hydrogens (primary N) is 1. The molecule has 0 aliphatic rings. The van der Waals surface area contributed by atoms with Gasteiger partial charge in [0.25, 0.3) is 0 Å². The second kappa shape index (κ2) is 6.97. The van der Waals surface area contributed by atoms with Crippen LogP contribution < -0.4 is 11.1 Å². The fourth-order valence-corrected chi connectivity index (χ4v) is 2.00. The molecule has 0 bridgehead atoms. The van der Waals surface area contributed by atoms with E-state index < -0.39 is 0 Å². The van der Waals surface area contributed by atoms with E-state index in [4.69, 9.17) is 5.73 Å². The first-order chi connectivity index (χ1) is 8.58. The Hall–Kier alpha value is -1.61. The molecule has 0 heterocycles. The van der Waals surface area contributed by atoms with Gasteiger partial charge in [-0.25, -0.2) is 0 Å². The van der Waals surface area contributed by atoms with Gasteiger partial charge in [0.2, 0.25) is 5.91 Å². The molecule has 0 saturated heterocycles. The molecule has 1 aromatic rings. The standard InChI is InChI=1S/C15H22N2O/c1-4-7-17-15(18)9-13(10-16)14-8-11(2)5-6-12(14)3/h4-6,8,13H,1,7,9-10,16H2,2-3H3,(H,17,18). The molecule has 1 aromatic carbocycles. The minimum absolute atomic E-state index is 0.0197. The molecular weight excluding hydrogens is 224 g/mol. The Bertz CT molecular complexity index is 427. The quantitative estimate of drug-likeness (QED) is 0.755. The first-order valence-electron chi connectivity index (χ1n) is 6.23. The molecular formula is C15H22N2O. The van der Waals surface area contributed by atoms with Gasteiger partial charge in [-0.2, -0.15) is 0 Å². The third-order valence-electron chi connectivity index (χ3n) is 3.03. The zero-order valence-electron chi connectivity index (χ0n) is 11.2. The zero-order valence-corrected chi connectivity index (χ0v) is 11.2. The van der Waals surface area contributed by atoms with Crippen LogP contribution in [0, 0.1) is 13.8 Å². The van der Waals surface area contributed by atoms with Gasteiger partial charge in [0, 0.05) is 18.9 Å². The summed E-state index contributed by atoms with van der Waals surface area (Å²) >= 11 is 0. The summed E-state index contributed by atoms with van der Waals surface area (Å²) in [5.41, 5.74) is 9.36. The third kappa shape index (κ3) is 4.00. The molecule has 1 unspecified atom stereocenters. The van der Waals surface area contributed by atoms with Crippen LogP contribution in [0.15, 0.2) is 30.9 Å². The Morgan fingerprint density at radius 3 is 2.83 bits per heavy atom. The topological polar surface area (TPSA) is 55.1 Å². The molecule has 0 aromatic heterocycles. The lowest BCUT2D eigenvalue weighted by Crippen LogP contribution is -2.27. The molecule has 1 amide bonds. The smallest absolute Gasteiger partial charge is 0.220 e. The van der Waals surface area contributed by atoms with Crippen molar-refractivity contribution in [1.82, 2.24) is 5.32 Å². The minimum atomic E-state index is 0.0197. The van der Waals surface area contributed by atoms with E-state index in [2.05, 4.69) is 37.0 Å². The maximum Gasteiger partial charge on any atom is 0.220 e. The largest absolute Gasteiger partial charge is 0.353 e. The van der Waals surface area contributed by atoms with Crippen molar-refractivity contribution < 1.29 is 4.79 Å². The molecule has 0 fully saturated rings. The molecule has 0 aliphatic carbocycles. The van der Waals surface area contributed by atoms with Gasteiger partial charge in [0.05, 0.1) is 0 Å². The Morgan fingerprint density at radius 2 is 2.22 bits per heavy atom. The van der Waals surface area contributed by atoms with Gasteiger partial charge in [-0.05, 0) is 31.5 Å². The van der Waals surface area contributed by atoms with Crippen LogP contribution in [0.3, 0.4) is 0 Å². The highest BCUT2D eigenvalue weighted by molar-refractivity contribution is 5.77. The Kier molecular flexibility index (Phi) is 5.59. The molecule has 0 aliphatic heterocycles. The molecule has 0 spiro atoms. The lowest BCUT2D eigenvalue weighted by atomic mass is 9.90. The predicted molar refractivity (Wildman–Crippen MR) is 75.5 cm³/mol. The second-order valence-corrected chi connectivity index (χ2v) is 4.59. The van der Waals surface area contributed by atoms with E-state index >= 15 is 0 Å². The predicted octanol–water partition coefficient (Wildman–Crippen LogP) is 2.04. The minimum Gasteiger partial charge on any atom is -0.353 e. The zero-order chi connectivity index (χ0) is 13.5. The third-order valence-corrected chi connectivity index (χ3v) is 3.03. The second-order valence-electron chi connectivity index (χ2n) is 4.59. The van der Waals surface area contributed by atoms with Crippen molar-refractivity contribution in [3.63, 3.8) is 0 Å². The lowest BCUT2D eigenvalue weighted by molar-refractivity contribution is -0.121. The van der Waals surface area contributed by atoms with Crippen molar-refractivity contribution in [2.45, 2.75) is 26.2 Å². The maximum absolute atomic E-state index is 11.7. The highest BCUT2D eigenvalue weighted by Crippen LogP contribution is 2.23. The van der Waals surface area contributed by atoms with Crippen molar-refractivity contribution in [3.05, 3.63) is 47.5 Å². The SMILES string of the molecule is C=CCNC(=O)CC(CN)c1cc(C)ccc1C. The van der Waals surface area contributed by atoms with Crippen molar-refractivity contribution in [3.8, 4) is 0 Å². The van der Waals surface area contributed by atoms with Gasteiger partial charge in [-0.15, -0.1) is 6.58 Å². The summed E-state index contributed by atoms with van der Waals surface area (Å²) in [7, 11) is 0. The Morgan fingerprint density at radius 1 is 1.50 bits per heavy atom. The van der Waals surface area contributed by atoms with E-state index in [1.165, 1.54) is 16.7 Å². The summed E-state index contributed by atoms with van der Waals surface area (Å²) < 4.78 is 0. The number of carbonyl (C=O) groups excluding carboxylic acids is 1. The average molecular weight is 246 g/mol.